The molecule has 0 saturated heterocycles. The fraction of sp³-hybridized carbons (Fsp3) is 0.278. The highest BCUT2D eigenvalue weighted by Crippen LogP contribution is 2.23. The van der Waals surface area contributed by atoms with E-state index < -0.39 is 24.1 Å². The van der Waals surface area contributed by atoms with Gasteiger partial charge in [-0.2, -0.15) is 5.26 Å². The van der Waals surface area contributed by atoms with Gasteiger partial charge in [0.2, 0.25) is 0 Å². The smallest absolute Gasteiger partial charge is 0.250 e. The van der Waals surface area contributed by atoms with Crippen LogP contribution < -0.4 is 9.62 Å². The monoisotopic (exact) mass is 359 g/mol. The largest absolute Gasteiger partial charge is 0.592 e. The van der Waals surface area contributed by atoms with E-state index in [0.717, 1.165) is 22.0 Å². The molecule has 2 rings (SSSR count). The average Bonchev–Trinajstić information content (AvgIpc) is 2.63. The van der Waals surface area contributed by atoms with Crippen LogP contribution in [0.4, 0.5) is 5.69 Å². The topological polar surface area (TPSA) is 103 Å². The second-order valence-corrected chi connectivity index (χ2v) is 7.03. The van der Waals surface area contributed by atoms with E-state index in [1.807, 2.05) is 55.4 Å². The summed E-state index contributed by atoms with van der Waals surface area (Å²) in [7, 11) is 3.96. The van der Waals surface area contributed by atoms with Crippen LogP contribution in [0, 0.1) is 11.3 Å². The molecule has 3 N–H and O–H groups in total. The molecular formula is C18H21N3O3S. The van der Waals surface area contributed by atoms with E-state index in [4.69, 9.17) is 5.11 Å². The number of anilines is 1. The van der Waals surface area contributed by atoms with Crippen molar-refractivity contribution in [2.75, 3.05) is 32.1 Å². The number of hydrogen-bond acceptors (Lipinski definition) is 6. The fourth-order valence-electron chi connectivity index (χ4n) is 2.21. The summed E-state index contributed by atoms with van der Waals surface area (Å²) in [5, 5.41) is 29.4. The van der Waals surface area contributed by atoms with Gasteiger partial charge in [0, 0.05) is 25.9 Å². The lowest BCUT2D eigenvalue weighted by molar-refractivity contribution is 0.0989. The lowest BCUT2D eigenvalue weighted by Crippen LogP contribution is -2.34. The van der Waals surface area contributed by atoms with Crippen LogP contribution in [0.15, 0.2) is 41.3 Å². The Morgan fingerprint density at radius 2 is 2.00 bits per heavy atom. The number of rotatable bonds is 7. The van der Waals surface area contributed by atoms with Crippen molar-refractivity contribution in [2.24, 2.45) is 0 Å². The highest BCUT2D eigenvalue weighted by atomic mass is 32.2. The lowest BCUT2D eigenvalue weighted by Gasteiger charge is -2.13. The number of nitrogens with one attached hydrogen (secondary N) is 1. The summed E-state index contributed by atoms with van der Waals surface area (Å²) in [6, 6.07) is 13.7. The summed E-state index contributed by atoms with van der Waals surface area (Å²) in [4.78, 5) is 2.07. The molecule has 0 bridgehead atoms. The predicted molar refractivity (Wildman–Crippen MR) is 101 cm³/mol. The van der Waals surface area contributed by atoms with Gasteiger partial charge >= 0.3 is 0 Å². The molecule has 2 aromatic rings. The van der Waals surface area contributed by atoms with E-state index in [1.54, 1.807) is 6.08 Å². The molecule has 0 heterocycles. The van der Waals surface area contributed by atoms with Crippen LogP contribution in [0.5, 0.6) is 0 Å². The molecule has 6 nitrogen and oxygen atoms in total. The van der Waals surface area contributed by atoms with Crippen molar-refractivity contribution >= 4 is 33.9 Å². The van der Waals surface area contributed by atoms with Crippen LogP contribution in [0.2, 0.25) is 0 Å². The minimum Gasteiger partial charge on any atom is -0.592 e. The number of allylic oxidation sites excluding steroid dienone is 1. The molecule has 25 heavy (non-hydrogen) atoms. The summed E-state index contributed by atoms with van der Waals surface area (Å²) < 4.78 is 14.6. The Labute approximate surface area is 150 Å². The number of aliphatic hydroxyl groups excluding tert-OH is 2. The molecule has 0 aliphatic heterocycles. The van der Waals surface area contributed by atoms with E-state index >= 15 is 0 Å². The van der Waals surface area contributed by atoms with E-state index in [9.17, 15) is 14.9 Å². The molecule has 0 fully saturated rings. The van der Waals surface area contributed by atoms with Gasteiger partial charge in [-0.25, -0.2) is 0 Å². The Balaban J connectivity index is 2.22. The molecule has 0 saturated carbocycles. The lowest BCUT2D eigenvalue weighted by atomic mass is 10.1. The third-order valence-corrected chi connectivity index (χ3v) is 4.67. The first-order valence-electron chi connectivity index (χ1n) is 7.71. The number of nitriles is 1. The van der Waals surface area contributed by atoms with E-state index in [1.165, 1.54) is 0 Å². The summed E-state index contributed by atoms with van der Waals surface area (Å²) >= 11 is -1.75. The van der Waals surface area contributed by atoms with Crippen LogP contribution in [0.1, 0.15) is 5.56 Å². The second-order valence-electron chi connectivity index (χ2n) is 5.76. The zero-order chi connectivity index (χ0) is 18.4. The average molecular weight is 359 g/mol. The van der Waals surface area contributed by atoms with Crippen molar-refractivity contribution in [3.8, 4) is 6.07 Å². The second kappa shape index (κ2) is 8.85. The minimum atomic E-state index is -1.75. The van der Waals surface area contributed by atoms with Gasteiger partial charge in [0.1, 0.15) is 0 Å². The molecular weight excluding hydrogens is 338 g/mol. The van der Waals surface area contributed by atoms with Gasteiger partial charge in [-0.05, 0) is 34.5 Å². The van der Waals surface area contributed by atoms with Crippen molar-refractivity contribution in [3.05, 3.63) is 46.9 Å². The first-order chi connectivity index (χ1) is 11.9. The molecule has 0 amide bonds. The zero-order valence-electron chi connectivity index (χ0n) is 14.1. The minimum absolute atomic E-state index is 0.0504. The van der Waals surface area contributed by atoms with Gasteiger partial charge in [0.25, 0.3) is 4.91 Å². The van der Waals surface area contributed by atoms with E-state index in [2.05, 4.69) is 10.8 Å². The van der Waals surface area contributed by atoms with Crippen molar-refractivity contribution in [1.29, 1.82) is 5.26 Å². The van der Waals surface area contributed by atoms with Gasteiger partial charge in [-0.15, -0.1) is 4.72 Å². The van der Waals surface area contributed by atoms with Crippen LogP contribution in [0.3, 0.4) is 0 Å². The normalized spacial score (nSPS) is 14.2. The van der Waals surface area contributed by atoms with Crippen LogP contribution >= 0.6 is 0 Å². The third-order valence-electron chi connectivity index (χ3n) is 3.63. The molecule has 0 radical (unpaired) electrons. The molecule has 0 aliphatic rings. The number of benzene rings is 2. The summed E-state index contributed by atoms with van der Waals surface area (Å²) in [5.74, 6) is 0. The summed E-state index contributed by atoms with van der Waals surface area (Å²) in [6.45, 7) is -0.497. The molecule has 7 heteroatoms. The van der Waals surface area contributed by atoms with Crippen LogP contribution in [0.25, 0.3) is 16.8 Å². The number of nitrogens with zero attached hydrogens (tertiary/aromatic N) is 2. The van der Waals surface area contributed by atoms with Gasteiger partial charge in [0.15, 0.2) is 6.07 Å². The summed E-state index contributed by atoms with van der Waals surface area (Å²) in [5.41, 5.74) is 1.86. The first-order valence-corrected chi connectivity index (χ1v) is 8.86. The molecule has 132 valence electrons. The van der Waals surface area contributed by atoms with Gasteiger partial charge < -0.3 is 19.7 Å². The number of hydrogen-bond donors (Lipinski definition) is 3. The maximum absolute atomic E-state index is 12.1. The Morgan fingerprint density at radius 1 is 1.32 bits per heavy atom. The summed E-state index contributed by atoms with van der Waals surface area (Å²) in [6.07, 6.45) is 0.531. The maximum atomic E-state index is 12.1. The molecule has 2 atom stereocenters. The van der Waals surface area contributed by atoms with Crippen molar-refractivity contribution in [1.82, 2.24) is 4.72 Å². The Morgan fingerprint density at radius 3 is 2.64 bits per heavy atom. The highest BCUT2D eigenvalue weighted by Gasteiger charge is 2.16. The molecule has 0 spiro atoms. The van der Waals surface area contributed by atoms with Crippen molar-refractivity contribution in [2.45, 2.75) is 6.10 Å². The van der Waals surface area contributed by atoms with Gasteiger partial charge in [0.05, 0.1) is 30.6 Å². The van der Waals surface area contributed by atoms with Crippen molar-refractivity contribution < 1.29 is 14.8 Å². The van der Waals surface area contributed by atoms with E-state index in [-0.39, 0.29) is 11.4 Å². The quantitative estimate of drug-likeness (QED) is 0.510. The first kappa shape index (κ1) is 19.2. The Bertz CT molecular complexity index is 802. The van der Waals surface area contributed by atoms with Crippen LogP contribution in [-0.4, -0.2) is 48.1 Å². The van der Waals surface area contributed by atoms with Crippen molar-refractivity contribution in [3.63, 3.8) is 0 Å². The highest BCUT2D eigenvalue weighted by molar-refractivity contribution is 7.93. The molecule has 2 aromatic carbocycles. The molecule has 0 aliphatic carbocycles. The van der Waals surface area contributed by atoms with Crippen LogP contribution in [-0.2, 0) is 11.4 Å². The Kier molecular flexibility index (Phi) is 6.82. The molecule has 2 unspecified atom stereocenters. The predicted octanol–water partition coefficient (Wildman–Crippen LogP) is 1.38. The third kappa shape index (κ3) is 5.19. The maximum Gasteiger partial charge on any atom is 0.250 e. The Hall–Kier alpha value is -2.08. The SMILES string of the molecule is CN(C)c1ccc2cc(/C=C(\C#N)[S+]([O-])NCC(O)CO)ccc2c1. The molecule has 0 aromatic heterocycles. The zero-order valence-corrected chi connectivity index (χ0v) is 15.0. The fourth-order valence-corrected chi connectivity index (χ4v) is 3.04. The standard InChI is InChI=1S/C18H21N3O3S/c1-21(2)16-6-5-14-7-13(3-4-15(14)9-16)8-18(10-19)25(24)20-11-17(23)12-22/h3-9,17,20,22-23H,11-12H2,1-2H3/b18-8+. The van der Waals surface area contributed by atoms with E-state index in [0.29, 0.717) is 0 Å². The van der Waals surface area contributed by atoms with Gasteiger partial charge in [-0.3, -0.25) is 0 Å². The number of aliphatic hydroxyl groups is 2. The number of fused-ring (bicyclic) bond motifs is 1. The van der Waals surface area contributed by atoms with Gasteiger partial charge in [-0.1, -0.05) is 18.2 Å².